The molecule has 1 aliphatic rings. The van der Waals surface area contributed by atoms with Crippen LogP contribution in [0.1, 0.15) is 35.4 Å². The molecule has 3 rings (SSSR count). The maximum absolute atomic E-state index is 12.6. The summed E-state index contributed by atoms with van der Waals surface area (Å²) in [6.07, 6.45) is 5.13. The van der Waals surface area contributed by atoms with E-state index in [4.69, 9.17) is 4.42 Å². The van der Waals surface area contributed by atoms with E-state index in [9.17, 15) is 14.4 Å². The van der Waals surface area contributed by atoms with E-state index in [1.165, 1.54) is 12.3 Å². The van der Waals surface area contributed by atoms with Gasteiger partial charge in [0.1, 0.15) is 11.5 Å². The van der Waals surface area contributed by atoms with Crippen LogP contribution in [-0.4, -0.2) is 42.3 Å². The van der Waals surface area contributed by atoms with Crippen LogP contribution < -0.4 is 10.6 Å². The average molecular weight is 381 g/mol. The molecule has 0 unspecified atom stereocenters. The summed E-state index contributed by atoms with van der Waals surface area (Å²) in [5.41, 5.74) is 0.550. The van der Waals surface area contributed by atoms with Crippen molar-refractivity contribution < 1.29 is 18.8 Å². The molecule has 2 aromatic rings. The Bertz CT molecular complexity index is 844. The van der Waals surface area contributed by atoms with Gasteiger partial charge in [-0.25, -0.2) is 0 Å². The molecule has 0 atom stereocenters. The predicted octanol–water partition coefficient (Wildman–Crippen LogP) is 2.18. The van der Waals surface area contributed by atoms with Crippen LogP contribution in [0.2, 0.25) is 0 Å². The van der Waals surface area contributed by atoms with Gasteiger partial charge in [-0.3, -0.25) is 14.4 Å². The van der Waals surface area contributed by atoms with E-state index in [2.05, 4.69) is 10.6 Å². The lowest BCUT2D eigenvalue weighted by Gasteiger charge is -2.15. The van der Waals surface area contributed by atoms with Crippen molar-refractivity contribution in [3.05, 3.63) is 65.7 Å². The van der Waals surface area contributed by atoms with Gasteiger partial charge in [0.05, 0.1) is 6.26 Å². The van der Waals surface area contributed by atoms with E-state index in [0.717, 1.165) is 13.0 Å². The van der Waals surface area contributed by atoms with Gasteiger partial charge in [0, 0.05) is 37.7 Å². The fourth-order valence-corrected chi connectivity index (χ4v) is 2.97. The standard InChI is InChI=1S/C21H23N3O4/c25-19-10-4-12-24(19)13-6-11-22-21(27)18(15-17-9-5-14-28-17)23-20(26)16-7-2-1-3-8-16/h1-3,5,7-9,14-15H,4,6,10-13H2,(H,22,27)(H,23,26). The monoisotopic (exact) mass is 381 g/mol. The smallest absolute Gasteiger partial charge is 0.267 e. The molecule has 0 spiro atoms. The van der Waals surface area contributed by atoms with Crippen LogP contribution >= 0.6 is 0 Å². The summed E-state index contributed by atoms with van der Waals surface area (Å²) in [4.78, 5) is 38.4. The summed E-state index contributed by atoms with van der Waals surface area (Å²) in [6.45, 7) is 1.80. The number of nitrogens with one attached hydrogen (secondary N) is 2. The number of carbonyl (C=O) groups excluding carboxylic acids is 3. The lowest BCUT2D eigenvalue weighted by Crippen LogP contribution is -2.36. The predicted molar refractivity (Wildman–Crippen MR) is 104 cm³/mol. The van der Waals surface area contributed by atoms with Crippen LogP contribution in [0.3, 0.4) is 0 Å². The topological polar surface area (TPSA) is 91.7 Å². The average Bonchev–Trinajstić information content (AvgIpc) is 3.37. The molecule has 146 valence electrons. The molecule has 1 aliphatic heterocycles. The fourth-order valence-electron chi connectivity index (χ4n) is 2.97. The molecule has 0 aliphatic carbocycles. The Hall–Kier alpha value is -3.35. The first kappa shape index (κ1) is 19.4. The number of amides is 3. The number of hydrogen-bond acceptors (Lipinski definition) is 4. The van der Waals surface area contributed by atoms with Crippen molar-refractivity contribution in [2.24, 2.45) is 0 Å². The highest BCUT2D eigenvalue weighted by Crippen LogP contribution is 2.10. The van der Waals surface area contributed by atoms with Crippen molar-refractivity contribution in [1.82, 2.24) is 15.5 Å². The second-order valence-corrected chi connectivity index (χ2v) is 6.49. The Labute approximate surface area is 163 Å². The molecule has 1 aromatic heterocycles. The minimum Gasteiger partial charge on any atom is -0.465 e. The third kappa shape index (κ3) is 5.33. The van der Waals surface area contributed by atoms with Crippen LogP contribution in [0.15, 0.2) is 58.8 Å². The van der Waals surface area contributed by atoms with E-state index in [1.807, 2.05) is 11.0 Å². The minimum absolute atomic E-state index is 0.0982. The molecule has 2 heterocycles. The quantitative estimate of drug-likeness (QED) is 0.542. The zero-order chi connectivity index (χ0) is 19.8. The summed E-state index contributed by atoms with van der Waals surface area (Å²) in [7, 11) is 0. The normalized spacial score (nSPS) is 14.2. The van der Waals surface area contributed by atoms with Crippen molar-refractivity contribution in [1.29, 1.82) is 0 Å². The number of nitrogens with zero attached hydrogens (tertiary/aromatic N) is 1. The number of hydrogen-bond donors (Lipinski definition) is 2. The van der Waals surface area contributed by atoms with Crippen molar-refractivity contribution in [2.45, 2.75) is 19.3 Å². The van der Waals surface area contributed by atoms with Gasteiger partial charge >= 0.3 is 0 Å². The highest BCUT2D eigenvalue weighted by molar-refractivity contribution is 6.05. The number of carbonyl (C=O) groups is 3. The maximum atomic E-state index is 12.6. The first-order valence-electron chi connectivity index (χ1n) is 9.31. The molecule has 3 amide bonds. The van der Waals surface area contributed by atoms with Gasteiger partial charge in [0.15, 0.2) is 0 Å². The van der Waals surface area contributed by atoms with Gasteiger partial charge < -0.3 is 20.0 Å². The Kier molecular flexibility index (Phi) is 6.62. The molecule has 7 heteroatoms. The largest absolute Gasteiger partial charge is 0.465 e. The molecule has 0 radical (unpaired) electrons. The third-order valence-corrected chi connectivity index (χ3v) is 4.42. The number of benzene rings is 1. The molecule has 1 fully saturated rings. The Morgan fingerprint density at radius 3 is 2.64 bits per heavy atom. The van der Waals surface area contributed by atoms with E-state index >= 15 is 0 Å². The lowest BCUT2D eigenvalue weighted by molar-refractivity contribution is -0.127. The van der Waals surface area contributed by atoms with E-state index < -0.39 is 5.91 Å². The highest BCUT2D eigenvalue weighted by Gasteiger charge is 2.19. The van der Waals surface area contributed by atoms with Gasteiger partial charge in [0.2, 0.25) is 5.91 Å². The van der Waals surface area contributed by atoms with E-state index in [-0.39, 0.29) is 17.5 Å². The Morgan fingerprint density at radius 2 is 1.96 bits per heavy atom. The molecule has 0 bridgehead atoms. The Balaban J connectivity index is 1.59. The molecular weight excluding hydrogens is 358 g/mol. The summed E-state index contributed by atoms with van der Waals surface area (Å²) >= 11 is 0. The number of likely N-dealkylation sites (tertiary alicyclic amines) is 1. The fraction of sp³-hybridized carbons (Fsp3) is 0.286. The summed E-state index contributed by atoms with van der Waals surface area (Å²) < 4.78 is 5.25. The van der Waals surface area contributed by atoms with Gasteiger partial charge in [-0.15, -0.1) is 0 Å². The molecule has 1 saturated heterocycles. The van der Waals surface area contributed by atoms with E-state index in [0.29, 0.717) is 37.3 Å². The van der Waals surface area contributed by atoms with Crippen molar-refractivity contribution >= 4 is 23.8 Å². The molecule has 2 N–H and O–H groups in total. The molecule has 28 heavy (non-hydrogen) atoms. The molecule has 1 aromatic carbocycles. The summed E-state index contributed by atoms with van der Waals surface area (Å²) in [5, 5.41) is 5.44. The number of furan rings is 1. The highest BCUT2D eigenvalue weighted by atomic mass is 16.3. The first-order valence-corrected chi connectivity index (χ1v) is 9.31. The van der Waals surface area contributed by atoms with Crippen LogP contribution in [0.5, 0.6) is 0 Å². The molecule has 7 nitrogen and oxygen atoms in total. The first-order chi connectivity index (χ1) is 13.6. The van der Waals surface area contributed by atoms with Crippen LogP contribution in [0.25, 0.3) is 6.08 Å². The van der Waals surface area contributed by atoms with Gasteiger partial charge in [-0.2, -0.15) is 0 Å². The van der Waals surface area contributed by atoms with E-state index in [1.54, 1.807) is 36.4 Å². The second kappa shape index (κ2) is 9.55. The lowest BCUT2D eigenvalue weighted by atomic mass is 10.2. The van der Waals surface area contributed by atoms with Crippen LogP contribution in [0, 0.1) is 0 Å². The van der Waals surface area contributed by atoms with Crippen LogP contribution in [-0.2, 0) is 9.59 Å². The second-order valence-electron chi connectivity index (χ2n) is 6.49. The molecule has 0 saturated carbocycles. The van der Waals surface area contributed by atoms with Crippen molar-refractivity contribution in [2.75, 3.05) is 19.6 Å². The minimum atomic E-state index is -0.409. The van der Waals surface area contributed by atoms with Crippen molar-refractivity contribution in [3.8, 4) is 0 Å². The van der Waals surface area contributed by atoms with Crippen molar-refractivity contribution in [3.63, 3.8) is 0 Å². The van der Waals surface area contributed by atoms with Gasteiger partial charge in [-0.1, -0.05) is 18.2 Å². The Morgan fingerprint density at radius 1 is 1.14 bits per heavy atom. The van der Waals surface area contributed by atoms with Gasteiger partial charge in [-0.05, 0) is 37.1 Å². The van der Waals surface area contributed by atoms with Gasteiger partial charge in [0.25, 0.3) is 11.8 Å². The number of rotatable bonds is 8. The summed E-state index contributed by atoms with van der Waals surface area (Å²) in [6, 6.07) is 12.1. The zero-order valence-electron chi connectivity index (χ0n) is 15.5. The van der Waals surface area contributed by atoms with Crippen LogP contribution in [0.4, 0.5) is 0 Å². The molecular formula is C21H23N3O4. The third-order valence-electron chi connectivity index (χ3n) is 4.42. The SMILES string of the molecule is O=C(NCCCN1CCCC1=O)C(=Cc1ccco1)NC(=O)c1ccccc1. The zero-order valence-corrected chi connectivity index (χ0v) is 15.5. The summed E-state index contributed by atoms with van der Waals surface area (Å²) in [5.74, 6) is -0.161. The maximum Gasteiger partial charge on any atom is 0.267 e.